The normalized spacial score (nSPS) is 10.3. The van der Waals surface area contributed by atoms with Crippen LogP contribution in [0.3, 0.4) is 0 Å². The van der Waals surface area contributed by atoms with Gasteiger partial charge in [-0.05, 0) is 37.6 Å². The van der Waals surface area contributed by atoms with E-state index >= 15 is 0 Å². The van der Waals surface area contributed by atoms with E-state index < -0.39 is 4.92 Å². The molecule has 0 aliphatic carbocycles. The van der Waals surface area contributed by atoms with Crippen molar-refractivity contribution in [3.8, 4) is 0 Å². The smallest absolute Gasteiger partial charge is 0.269 e. The molecule has 0 saturated carbocycles. The highest BCUT2D eigenvalue weighted by atomic mass is 32.1. The summed E-state index contributed by atoms with van der Waals surface area (Å²) in [5.41, 5.74) is 1.96. The molecule has 0 aliphatic heterocycles. The Morgan fingerprint density at radius 1 is 1.23 bits per heavy atom. The fraction of sp³-hybridized carbons (Fsp3) is 0.267. The average molecular weight is 319 g/mol. The van der Waals surface area contributed by atoms with Gasteiger partial charge in [0.2, 0.25) is 0 Å². The number of nitro groups is 1. The third-order valence-corrected chi connectivity index (χ3v) is 4.36. The summed E-state index contributed by atoms with van der Waals surface area (Å²) in [5, 5.41) is 16.5. The van der Waals surface area contributed by atoms with Crippen molar-refractivity contribution in [2.75, 3.05) is 18.4 Å². The summed E-state index contributed by atoms with van der Waals surface area (Å²) < 4.78 is 0. The Balaban J connectivity index is 1.77. The third kappa shape index (κ3) is 4.05. The number of nitrogens with zero attached hydrogens (tertiary/aromatic N) is 1. The van der Waals surface area contributed by atoms with Crippen molar-refractivity contribution in [2.24, 2.45) is 0 Å². The van der Waals surface area contributed by atoms with Gasteiger partial charge in [-0.3, -0.25) is 14.9 Å². The van der Waals surface area contributed by atoms with Crippen molar-refractivity contribution in [3.63, 3.8) is 0 Å². The van der Waals surface area contributed by atoms with Crippen LogP contribution in [-0.2, 0) is 0 Å². The lowest BCUT2D eigenvalue weighted by Crippen LogP contribution is -2.28. The molecule has 2 N–H and O–H groups in total. The van der Waals surface area contributed by atoms with Crippen molar-refractivity contribution in [1.29, 1.82) is 0 Å². The summed E-state index contributed by atoms with van der Waals surface area (Å²) in [7, 11) is 0. The second kappa shape index (κ2) is 7.04. The Labute approximate surface area is 132 Å². The van der Waals surface area contributed by atoms with Crippen molar-refractivity contribution >= 4 is 28.6 Å². The van der Waals surface area contributed by atoms with Crippen LogP contribution in [0.5, 0.6) is 0 Å². The van der Waals surface area contributed by atoms with Crippen molar-refractivity contribution in [3.05, 3.63) is 55.8 Å². The molecule has 116 valence electrons. The largest absolute Gasteiger partial charge is 0.383 e. The molecule has 2 aromatic rings. The molecule has 0 spiro atoms. The van der Waals surface area contributed by atoms with Gasteiger partial charge in [-0.15, -0.1) is 11.3 Å². The van der Waals surface area contributed by atoms with Gasteiger partial charge in [-0.2, -0.15) is 0 Å². The molecule has 6 nitrogen and oxygen atoms in total. The molecule has 0 unspecified atom stereocenters. The number of carbonyl (C=O) groups is 1. The van der Waals surface area contributed by atoms with Crippen LogP contribution >= 0.6 is 11.3 Å². The van der Waals surface area contributed by atoms with E-state index in [0.29, 0.717) is 18.0 Å². The molecule has 1 aromatic carbocycles. The molecule has 0 aliphatic rings. The van der Waals surface area contributed by atoms with Gasteiger partial charge in [0.15, 0.2) is 0 Å². The van der Waals surface area contributed by atoms with Gasteiger partial charge in [0.05, 0.1) is 9.80 Å². The van der Waals surface area contributed by atoms with Gasteiger partial charge in [0.1, 0.15) is 0 Å². The van der Waals surface area contributed by atoms with Crippen LogP contribution in [0.15, 0.2) is 30.3 Å². The predicted octanol–water partition coefficient (Wildman–Crippen LogP) is 3.12. The highest BCUT2D eigenvalue weighted by Crippen LogP contribution is 2.20. The maximum absolute atomic E-state index is 11.9. The second-order valence-electron chi connectivity index (χ2n) is 4.84. The zero-order chi connectivity index (χ0) is 16.1. The number of anilines is 1. The summed E-state index contributed by atoms with van der Waals surface area (Å²) in [6.07, 6.45) is 0. The Kier molecular flexibility index (Phi) is 5.11. The average Bonchev–Trinajstić information content (AvgIpc) is 2.83. The van der Waals surface area contributed by atoms with Crippen LogP contribution < -0.4 is 10.6 Å². The molecule has 1 heterocycles. The molecule has 1 aromatic heterocycles. The van der Waals surface area contributed by atoms with Gasteiger partial charge >= 0.3 is 0 Å². The Hall–Kier alpha value is -2.41. The molecule has 0 fully saturated rings. The predicted molar refractivity (Wildman–Crippen MR) is 87.7 cm³/mol. The molecular formula is C15H17N3O3S. The zero-order valence-corrected chi connectivity index (χ0v) is 13.2. The first-order valence-corrected chi connectivity index (χ1v) is 7.62. The Morgan fingerprint density at radius 3 is 2.45 bits per heavy atom. The second-order valence-corrected chi connectivity index (χ2v) is 6.09. The van der Waals surface area contributed by atoms with Crippen LogP contribution in [0.25, 0.3) is 0 Å². The van der Waals surface area contributed by atoms with Crippen LogP contribution in [0.4, 0.5) is 11.4 Å². The molecule has 1 amide bonds. The summed E-state index contributed by atoms with van der Waals surface area (Å²) in [6.45, 7) is 5.00. The quantitative estimate of drug-likeness (QED) is 0.487. The number of non-ortho nitro benzene ring substituents is 1. The highest BCUT2D eigenvalue weighted by molar-refractivity contribution is 7.14. The van der Waals surface area contributed by atoms with Crippen LogP contribution in [0.2, 0.25) is 0 Å². The number of rotatable bonds is 6. The molecular weight excluding hydrogens is 302 g/mol. The topological polar surface area (TPSA) is 84.3 Å². The standard InChI is InChI=1S/C15H17N3O3S/c1-10-9-14(22-11(10)2)15(19)17-8-7-16-12-3-5-13(6-4-12)18(20)21/h3-6,9,16H,7-8H2,1-2H3,(H,17,19). The minimum Gasteiger partial charge on any atom is -0.383 e. The summed E-state index contributed by atoms with van der Waals surface area (Å²) in [6, 6.07) is 8.06. The van der Waals surface area contributed by atoms with Crippen LogP contribution in [0, 0.1) is 24.0 Å². The fourth-order valence-electron chi connectivity index (χ4n) is 1.86. The van der Waals surface area contributed by atoms with Crippen molar-refractivity contribution in [1.82, 2.24) is 5.32 Å². The van der Waals surface area contributed by atoms with E-state index in [1.807, 2.05) is 19.9 Å². The van der Waals surface area contributed by atoms with Crippen LogP contribution in [-0.4, -0.2) is 23.9 Å². The molecule has 0 atom stereocenters. The summed E-state index contributed by atoms with van der Waals surface area (Å²) >= 11 is 1.48. The van der Waals surface area contributed by atoms with Gasteiger partial charge in [0, 0.05) is 35.8 Å². The van der Waals surface area contributed by atoms with E-state index in [2.05, 4.69) is 10.6 Å². The summed E-state index contributed by atoms with van der Waals surface area (Å²) in [5.74, 6) is -0.0771. The van der Waals surface area contributed by atoms with E-state index in [1.54, 1.807) is 12.1 Å². The number of benzene rings is 1. The number of nitro benzene ring substituents is 1. The van der Waals surface area contributed by atoms with Crippen LogP contribution in [0.1, 0.15) is 20.1 Å². The van der Waals surface area contributed by atoms with Gasteiger partial charge < -0.3 is 10.6 Å². The summed E-state index contributed by atoms with van der Waals surface area (Å²) in [4.78, 5) is 23.9. The number of nitrogens with one attached hydrogen (secondary N) is 2. The maximum Gasteiger partial charge on any atom is 0.269 e. The molecule has 0 saturated heterocycles. The lowest BCUT2D eigenvalue weighted by atomic mass is 10.3. The van der Waals surface area contributed by atoms with E-state index in [0.717, 1.165) is 16.1 Å². The van der Waals surface area contributed by atoms with Crippen molar-refractivity contribution < 1.29 is 9.72 Å². The van der Waals surface area contributed by atoms with E-state index in [1.165, 1.54) is 23.5 Å². The molecule has 0 radical (unpaired) electrons. The fourth-order valence-corrected chi connectivity index (χ4v) is 2.81. The maximum atomic E-state index is 11.9. The number of aryl methyl sites for hydroxylation is 2. The zero-order valence-electron chi connectivity index (χ0n) is 12.4. The third-order valence-electron chi connectivity index (χ3n) is 3.21. The first-order chi connectivity index (χ1) is 10.5. The van der Waals surface area contributed by atoms with Crippen molar-refractivity contribution in [2.45, 2.75) is 13.8 Å². The van der Waals surface area contributed by atoms with Gasteiger partial charge in [-0.1, -0.05) is 0 Å². The molecule has 22 heavy (non-hydrogen) atoms. The lowest BCUT2D eigenvalue weighted by molar-refractivity contribution is -0.384. The SMILES string of the molecule is Cc1cc(C(=O)NCCNc2ccc([N+](=O)[O-])cc2)sc1C. The Morgan fingerprint density at radius 2 is 1.91 bits per heavy atom. The molecule has 2 rings (SSSR count). The number of amides is 1. The van der Waals surface area contributed by atoms with Gasteiger partial charge in [0.25, 0.3) is 11.6 Å². The minimum atomic E-state index is -0.436. The molecule has 0 bridgehead atoms. The van der Waals surface area contributed by atoms with Gasteiger partial charge in [-0.25, -0.2) is 0 Å². The number of hydrogen-bond acceptors (Lipinski definition) is 5. The van der Waals surface area contributed by atoms with E-state index in [4.69, 9.17) is 0 Å². The first-order valence-electron chi connectivity index (χ1n) is 6.81. The number of hydrogen-bond donors (Lipinski definition) is 2. The van der Waals surface area contributed by atoms with E-state index in [-0.39, 0.29) is 11.6 Å². The molecule has 7 heteroatoms. The van der Waals surface area contributed by atoms with E-state index in [9.17, 15) is 14.9 Å². The number of carbonyl (C=O) groups excluding carboxylic acids is 1. The highest BCUT2D eigenvalue weighted by Gasteiger charge is 2.09. The number of thiophene rings is 1. The first kappa shape index (κ1) is 16.0. The monoisotopic (exact) mass is 319 g/mol. The Bertz CT molecular complexity index is 660. The minimum absolute atomic E-state index is 0.0577. The lowest BCUT2D eigenvalue weighted by Gasteiger charge is -2.07.